The number of hydrogen-bond donors (Lipinski definition) is 6. The molecule has 12 nitrogen and oxygen atoms in total. The predicted molar refractivity (Wildman–Crippen MR) is 129 cm³/mol. The SMILES string of the molecule is O=C(CC1(NC(=O)c2ccc(OCc3cccnc3)cc2)CCNCC1)NO.O=C(O)C(F)(F)F.O=C(O)C(F)(F)F. The van der Waals surface area contributed by atoms with Crippen LogP contribution in [-0.2, 0) is 21.0 Å². The van der Waals surface area contributed by atoms with Crippen LogP contribution in [0.5, 0.6) is 5.75 Å². The number of aromatic nitrogens is 1. The third-order valence-corrected chi connectivity index (χ3v) is 5.29. The van der Waals surface area contributed by atoms with Crippen molar-refractivity contribution in [2.75, 3.05) is 13.1 Å². The van der Waals surface area contributed by atoms with Crippen LogP contribution in [0.4, 0.5) is 26.3 Å². The monoisotopic (exact) mass is 612 g/mol. The summed E-state index contributed by atoms with van der Waals surface area (Å²) < 4.78 is 69.2. The van der Waals surface area contributed by atoms with Gasteiger partial charge in [0.25, 0.3) is 5.91 Å². The van der Waals surface area contributed by atoms with E-state index in [1.807, 2.05) is 12.1 Å². The second-order valence-corrected chi connectivity index (χ2v) is 8.48. The van der Waals surface area contributed by atoms with Gasteiger partial charge in [0.05, 0.1) is 12.0 Å². The lowest BCUT2D eigenvalue weighted by molar-refractivity contribution is -0.193. The van der Waals surface area contributed by atoms with Crippen molar-refractivity contribution in [3.05, 3.63) is 59.9 Å². The number of nitrogens with one attached hydrogen (secondary N) is 3. The zero-order chi connectivity index (χ0) is 32.0. The van der Waals surface area contributed by atoms with Gasteiger partial charge in [-0.2, -0.15) is 26.3 Å². The highest BCUT2D eigenvalue weighted by Gasteiger charge is 2.39. The van der Waals surface area contributed by atoms with Crippen LogP contribution in [0.3, 0.4) is 0 Å². The lowest BCUT2D eigenvalue weighted by Crippen LogP contribution is -2.56. The normalized spacial score (nSPS) is 14.1. The molecule has 1 aromatic carbocycles. The zero-order valence-electron chi connectivity index (χ0n) is 21.5. The second kappa shape index (κ2) is 16.1. The number of carbonyl (C=O) groups excluding carboxylic acids is 2. The number of benzene rings is 1. The van der Waals surface area contributed by atoms with Gasteiger partial charge in [0.2, 0.25) is 5.91 Å². The summed E-state index contributed by atoms with van der Waals surface area (Å²) in [6, 6.07) is 10.6. The largest absolute Gasteiger partial charge is 0.490 e. The minimum Gasteiger partial charge on any atom is -0.489 e. The number of carboxylic acids is 2. The van der Waals surface area contributed by atoms with Crippen molar-refractivity contribution < 1.29 is 65.7 Å². The molecule has 18 heteroatoms. The molecule has 1 saturated heterocycles. The number of hydrogen-bond acceptors (Lipinski definition) is 8. The van der Waals surface area contributed by atoms with Gasteiger partial charge >= 0.3 is 24.3 Å². The molecular formula is C24H26F6N4O8. The van der Waals surface area contributed by atoms with E-state index in [0.717, 1.165) is 5.56 Å². The van der Waals surface area contributed by atoms with E-state index in [-0.39, 0.29) is 12.3 Å². The number of halogens is 6. The van der Waals surface area contributed by atoms with Gasteiger partial charge in [-0.05, 0) is 56.3 Å². The lowest BCUT2D eigenvalue weighted by Gasteiger charge is -2.37. The Morgan fingerprint density at radius 2 is 1.45 bits per heavy atom. The van der Waals surface area contributed by atoms with E-state index in [0.29, 0.717) is 43.9 Å². The molecule has 0 unspecified atom stereocenters. The van der Waals surface area contributed by atoms with Gasteiger partial charge in [-0.3, -0.25) is 19.8 Å². The Kier molecular flexibility index (Phi) is 13.6. The Labute approximate surface area is 233 Å². The van der Waals surface area contributed by atoms with Crippen LogP contribution in [-0.4, -0.2) is 75.1 Å². The molecular weight excluding hydrogens is 586 g/mol. The van der Waals surface area contributed by atoms with Crippen molar-refractivity contribution >= 4 is 23.8 Å². The van der Waals surface area contributed by atoms with Crippen molar-refractivity contribution in [3.8, 4) is 5.75 Å². The summed E-state index contributed by atoms with van der Waals surface area (Å²) in [4.78, 5) is 46.2. The number of carbonyl (C=O) groups is 4. The van der Waals surface area contributed by atoms with Crippen molar-refractivity contribution in [2.45, 2.75) is 43.8 Å². The Bertz CT molecular complexity index is 1150. The van der Waals surface area contributed by atoms with Gasteiger partial charge in [-0.25, -0.2) is 15.1 Å². The Morgan fingerprint density at radius 1 is 0.929 bits per heavy atom. The van der Waals surface area contributed by atoms with Crippen molar-refractivity contribution in [1.82, 2.24) is 21.1 Å². The minimum atomic E-state index is -5.08. The van der Waals surface area contributed by atoms with E-state index in [2.05, 4.69) is 15.6 Å². The molecule has 2 amide bonds. The predicted octanol–water partition coefficient (Wildman–Crippen LogP) is 2.67. The molecule has 6 N–H and O–H groups in total. The number of piperidine rings is 1. The first-order valence-electron chi connectivity index (χ1n) is 11.7. The molecule has 3 rings (SSSR count). The number of nitrogens with zero attached hydrogens (tertiary/aromatic N) is 1. The highest BCUT2D eigenvalue weighted by atomic mass is 19.4. The number of rotatable bonds is 7. The van der Waals surface area contributed by atoms with Crippen LogP contribution in [0.25, 0.3) is 0 Å². The number of amides is 2. The molecule has 0 bridgehead atoms. The fraction of sp³-hybridized carbons (Fsp3) is 0.375. The summed E-state index contributed by atoms with van der Waals surface area (Å²) in [5, 5.41) is 29.3. The van der Waals surface area contributed by atoms with E-state index in [9.17, 15) is 35.9 Å². The minimum absolute atomic E-state index is 0.0310. The van der Waals surface area contributed by atoms with Gasteiger partial charge in [0.1, 0.15) is 12.4 Å². The maximum absolute atomic E-state index is 12.7. The summed E-state index contributed by atoms with van der Waals surface area (Å²) >= 11 is 0. The summed E-state index contributed by atoms with van der Waals surface area (Å²) in [5.74, 6) is -5.63. The fourth-order valence-corrected chi connectivity index (χ4v) is 3.26. The maximum atomic E-state index is 12.7. The summed E-state index contributed by atoms with van der Waals surface area (Å²) in [5.41, 5.74) is 2.42. The molecule has 0 aliphatic carbocycles. The van der Waals surface area contributed by atoms with E-state index in [4.69, 9.17) is 29.7 Å². The molecule has 1 fully saturated rings. The van der Waals surface area contributed by atoms with Crippen LogP contribution in [0.1, 0.15) is 35.2 Å². The first kappa shape index (κ1) is 35.6. The number of ether oxygens (including phenoxy) is 1. The molecule has 2 aromatic rings. The van der Waals surface area contributed by atoms with Crippen LogP contribution >= 0.6 is 0 Å². The maximum Gasteiger partial charge on any atom is 0.490 e. The number of alkyl halides is 6. The zero-order valence-corrected chi connectivity index (χ0v) is 21.5. The van der Waals surface area contributed by atoms with Crippen LogP contribution in [0.2, 0.25) is 0 Å². The van der Waals surface area contributed by atoms with Crippen LogP contribution in [0, 0.1) is 0 Å². The first-order chi connectivity index (χ1) is 19.5. The average Bonchev–Trinajstić information content (AvgIpc) is 2.92. The fourth-order valence-electron chi connectivity index (χ4n) is 3.26. The van der Waals surface area contributed by atoms with Crippen molar-refractivity contribution in [2.24, 2.45) is 0 Å². The summed E-state index contributed by atoms with van der Waals surface area (Å²) in [6.45, 7) is 1.78. The Morgan fingerprint density at radius 3 is 1.88 bits per heavy atom. The lowest BCUT2D eigenvalue weighted by atomic mass is 9.84. The molecule has 232 valence electrons. The number of aliphatic carboxylic acids is 2. The van der Waals surface area contributed by atoms with E-state index < -0.39 is 35.7 Å². The van der Waals surface area contributed by atoms with Gasteiger partial charge < -0.3 is 25.6 Å². The molecule has 1 aromatic heterocycles. The third-order valence-electron chi connectivity index (χ3n) is 5.29. The van der Waals surface area contributed by atoms with Gasteiger partial charge in [0, 0.05) is 23.5 Å². The van der Waals surface area contributed by atoms with Crippen LogP contribution < -0.4 is 20.9 Å². The summed E-state index contributed by atoms with van der Waals surface area (Å²) in [6.07, 6.45) is -5.47. The Balaban J connectivity index is 0.000000522. The molecule has 0 atom stereocenters. The van der Waals surface area contributed by atoms with E-state index in [1.165, 1.54) is 0 Å². The van der Waals surface area contributed by atoms with Crippen molar-refractivity contribution in [3.63, 3.8) is 0 Å². The highest BCUT2D eigenvalue weighted by molar-refractivity contribution is 5.95. The first-order valence-corrected chi connectivity index (χ1v) is 11.7. The van der Waals surface area contributed by atoms with Crippen molar-refractivity contribution in [1.29, 1.82) is 0 Å². The van der Waals surface area contributed by atoms with Gasteiger partial charge in [-0.1, -0.05) is 6.07 Å². The molecule has 0 spiro atoms. The average molecular weight is 612 g/mol. The molecule has 1 aliphatic rings. The topological polar surface area (TPSA) is 187 Å². The smallest absolute Gasteiger partial charge is 0.489 e. The Hall–Kier alpha value is -4.45. The van der Waals surface area contributed by atoms with Gasteiger partial charge in [-0.15, -0.1) is 0 Å². The molecule has 2 heterocycles. The number of hydroxylamine groups is 1. The second-order valence-electron chi connectivity index (χ2n) is 8.48. The quantitative estimate of drug-likeness (QED) is 0.154. The van der Waals surface area contributed by atoms with Crippen LogP contribution in [0.15, 0.2) is 48.8 Å². The standard InChI is InChI=1S/C20H24N4O4.2C2HF3O2/c25-18(24-27)12-20(7-10-21-11-8-20)23-19(26)16-3-5-17(6-4-16)28-14-15-2-1-9-22-13-15;2*3-2(4,5)1(6)7/h1-6,9,13,21,27H,7-8,10-12,14H2,(H,23,26)(H,24,25);2*(H,6,7). The molecule has 0 radical (unpaired) electrons. The van der Waals surface area contributed by atoms with Gasteiger partial charge in [0.15, 0.2) is 0 Å². The molecule has 42 heavy (non-hydrogen) atoms. The van der Waals surface area contributed by atoms with E-state index in [1.54, 1.807) is 42.1 Å². The van der Waals surface area contributed by atoms with E-state index >= 15 is 0 Å². The molecule has 1 aliphatic heterocycles. The summed E-state index contributed by atoms with van der Waals surface area (Å²) in [7, 11) is 0. The number of carboxylic acid groups (broad SMARTS) is 2. The molecule has 0 saturated carbocycles. The third kappa shape index (κ3) is 13.3. The number of pyridine rings is 1. The highest BCUT2D eigenvalue weighted by Crippen LogP contribution is 2.24.